The summed E-state index contributed by atoms with van der Waals surface area (Å²) in [4.78, 5) is 10.1. The topological polar surface area (TPSA) is 49.3 Å². The molecule has 15 heavy (non-hydrogen) atoms. The normalized spacial score (nSPS) is 10.1. The zero-order chi connectivity index (χ0) is 11.4. The van der Waals surface area contributed by atoms with Gasteiger partial charge in [0, 0.05) is 6.54 Å². The summed E-state index contributed by atoms with van der Waals surface area (Å²) in [5, 5.41) is 10.6. The molecule has 0 unspecified atom stereocenters. The summed E-state index contributed by atoms with van der Waals surface area (Å²) >= 11 is 0. The highest BCUT2D eigenvalue weighted by atomic mass is 19.2. The van der Waals surface area contributed by atoms with Crippen LogP contribution in [-0.4, -0.2) is 17.6 Å². The lowest BCUT2D eigenvalue weighted by Crippen LogP contribution is -2.09. The molecule has 6 heteroatoms. The number of carbonyl (C=O) groups is 1. The number of hydrogen-bond donors (Lipinski definition) is 2. The largest absolute Gasteiger partial charge is 0.481 e. The molecule has 1 aromatic carbocycles. The fourth-order valence-electron chi connectivity index (χ4n) is 0.967. The summed E-state index contributed by atoms with van der Waals surface area (Å²) in [6.45, 7) is -0.0582. The van der Waals surface area contributed by atoms with Gasteiger partial charge in [-0.2, -0.15) is 0 Å². The molecule has 0 bridgehead atoms. The molecule has 0 aromatic heterocycles. The Hall–Kier alpha value is -1.72. The maximum absolute atomic E-state index is 13.0. The van der Waals surface area contributed by atoms with Crippen LogP contribution in [0.1, 0.15) is 6.42 Å². The zero-order valence-corrected chi connectivity index (χ0v) is 7.56. The Morgan fingerprint density at radius 3 is 2.53 bits per heavy atom. The number of hydrogen-bond acceptors (Lipinski definition) is 2. The van der Waals surface area contributed by atoms with Crippen molar-refractivity contribution in [1.29, 1.82) is 0 Å². The van der Waals surface area contributed by atoms with Gasteiger partial charge in [0.15, 0.2) is 17.5 Å². The first-order valence-corrected chi connectivity index (χ1v) is 4.11. The van der Waals surface area contributed by atoms with E-state index in [0.717, 1.165) is 12.1 Å². The van der Waals surface area contributed by atoms with Crippen molar-refractivity contribution in [3.05, 3.63) is 29.6 Å². The summed E-state index contributed by atoms with van der Waals surface area (Å²) in [7, 11) is 0. The van der Waals surface area contributed by atoms with Gasteiger partial charge in [0.1, 0.15) is 0 Å². The van der Waals surface area contributed by atoms with Gasteiger partial charge in [-0.3, -0.25) is 4.79 Å². The minimum Gasteiger partial charge on any atom is -0.481 e. The van der Waals surface area contributed by atoms with Gasteiger partial charge in [0.05, 0.1) is 12.1 Å². The third-order valence-electron chi connectivity index (χ3n) is 1.69. The molecule has 0 heterocycles. The molecule has 3 nitrogen and oxygen atoms in total. The molecular weight excluding hydrogens is 211 g/mol. The van der Waals surface area contributed by atoms with Gasteiger partial charge < -0.3 is 10.4 Å². The maximum Gasteiger partial charge on any atom is 0.305 e. The molecule has 1 aromatic rings. The Balaban J connectivity index is 2.70. The average molecular weight is 219 g/mol. The molecule has 0 saturated carbocycles. The van der Waals surface area contributed by atoms with Crippen molar-refractivity contribution in [2.24, 2.45) is 0 Å². The van der Waals surface area contributed by atoms with E-state index in [9.17, 15) is 18.0 Å². The van der Waals surface area contributed by atoms with Crippen LogP contribution in [0.4, 0.5) is 18.9 Å². The van der Waals surface area contributed by atoms with Crippen molar-refractivity contribution >= 4 is 11.7 Å². The summed E-state index contributed by atoms with van der Waals surface area (Å²) in [6.07, 6.45) is -0.238. The van der Waals surface area contributed by atoms with E-state index in [2.05, 4.69) is 5.32 Å². The van der Waals surface area contributed by atoms with Crippen LogP contribution in [0, 0.1) is 17.5 Å². The lowest BCUT2D eigenvalue weighted by atomic mass is 10.2. The van der Waals surface area contributed by atoms with Gasteiger partial charge in [-0.05, 0) is 12.1 Å². The molecule has 0 aliphatic heterocycles. The van der Waals surface area contributed by atoms with E-state index in [1.165, 1.54) is 0 Å². The van der Waals surface area contributed by atoms with E-state index < -0.39 is 23.4 Å². The van der Waals surface area contributed by atoms with E-state index in [0.29, 0.717) is 0 Å². The van der Waals surface area contributed by atoms with Crippen molar-refractivity contribution < 1.29 is 23.1 Å². The van der Waals surface area contributed by atoms with Gasteiger partial charge in [0.25, 0.3) is 0 Å². The summed E-state index contributed by atoms with van der Waals surface area (Å²) < 4.78 is 38.1. The number of carboxylic acid groups (broad SMARTS) is 1. The number of nitrogens with one attached hydrogen (secondary N) is 1. The molecule has 0 atom stereocenters. The van der Waals surface area contributed by atoms with Gasteiger partial charge >= 0.3 is 5.97 Å². The highest BCUT2D eigenvalue weighted by Crippen LogP contribution is 2.19. The van der Waals surface area contributed by atoms with Crippen LogP contribution in [-0.2, 0) is 4.79 Å². The molecule has 0 fully saturated rings. The average Bonchev–Trinajstić information content (AvgIpc) is 2.18. The van der Waals surface area contributed by atoms with Crippen molar-refractivity contribution in [2.45, 2.75) is 6.42 Å². The molecular formula is C9H8F3NO2. The van der Waals surface area contributed by atoms with E-state index in [1.807, 2.05) is 0 Å². The third-order valence-corrected chi connectivity index (χ3v) is 1.69. The van der Waals surface area contributed by atoms with E-state index in [1.54, 1.807) is 0 Å². The minimum absolute atomic E-state index is 0.0582. The molecule has 0 amide bonds. The Bertz CT molecular complexity index is 382. The highest BCUT2D eigenvalue weighted by Gasteiger charge is 2.12. The monoisotopic (exact) mass is 219 g/mol. The van der Waals surface area contributed by atoms with Crippen LogP contribution < -0.4 is 5.32 Å². The molecule has 2 N–H and O–H groups in total. The molecule has 1 rings (SSSR count). The number of rotatable bonds is 4. The second-order valence-electron chi connectivity index (χ2n) is 2.79. The first kappa shape index (κ1) is 11.4. The van der Waals surface area contributed by atoms with Gasteiger partial charge in [0.2, 0.25) is 0 Å². The van der Waals surface area contributed by atoms with Crippen molar-refractivity contribution in [3.8, 4) is 0 Å². The number of aliphatic carboxylic acids is 1. The van der Waals surface area contributed by atoms with Crippen LogP contribution in [0.5, 0.6) is 0 Å². The van der Waals surface area contributed by atoms with E-state index >= 15 is 0 Å². The van der Waals surface area contributed by atoms with Crippen LogP contribution >= 0.6 is 0 Å². The first-order valence-electron chi connectivity index (χ1n) is 4.11. The lowest BCUT2D eigenvalue weighted by molar-refractivity contribution is -0.136. The van der Waals surface area contributed by atoms with Crippen LogP contribution in [0.25, 0.3) is 0 Å². The highest BCUT2D eigenvalue weighted by molar-refractivity contribution is 5.67. The second kappa shape index (κ2) is 4.68. The Morgan fingerprint density at radius 1 is 1.27 bits per heavy atom. The fourth-order valence-corrected chi connectivity index (χ4v) is 0.967. The first-order chi connectivity index (χ1) is 7.02. The van der Waals surface area contributed by atoms with Gasteiger partial charge in [-0.25, -0.2) is 13.2 Å². The van der Waals surface area contributed by atoms with E-state index in [-0.39, 0.29) is 18.7 Å². The van der Waals surface area contributed by atoms with Gasteiger partial charge in [-0.1, -0.05) is 0 Å². The minimum atomic E-state index is -1.57. The summed E-state index contributed by atoms with van der Waals surface area (Å²) in [6, 6.07) is 1.77. The fraction of sp³-hybridized carbons (Fsp3) is 0.222. The molecule has 0 radical (unpaired) electrons. The molecule has 82 valence electrons. The van der Waals surface area contributed by atoms with Crippen LogP contribution in [0.3, 0.4) is 0 Å². The number of halogens is 3. The quantitative estimate of drug-likeness (QED) is 0.761. The molecule has 0 aliphatic rings. The Morgan fingerprint density at radius 2 is 1.93 bits per heavy atom. The lowest BCUT2D eigenvalue weighted by Gasteiger charge is -2.06. The van der Waals surface area contributed by atoms with E-state index in [4.69, 9.17) is 5.11 Å². The Labute approximate surface area is 83.5 Å². The van der Waals surface area contributed by atoms with Crippen molar-refractivity contribution in [3.63, 3.8) is 0 Å². The summed E-state index contributed by atoms with van der Waals surface area (Å²) in [5.41, 5.74) is -0.254. The molecule has 0 spiro atoms. The van der Waals surface area contributed by atoms with Crippen LogP contribution in [0.2, 0.25) is 0 Å². The van der Waals surface area contributed by atoms with Crippen LogP contribution in [0.15, 0.2) is 12.1 Å². The smallest absolute Gasteiger partial charge is 0.305 e. The maximum atomic E-state index is 13.0. The third kappa shape index (κ3) is 2.87. The van der Waals surface area contributed by atoms with Crippen molar-refractivity contribution in [2.75, 3.05) is 11.9 Å². The standard InChI is InChI=1S/C9H8F3NO2/c10-5-1-2-6(9(12)8(5)11)13-4-3-7(14)15/h1-2,13H,3-4H2,(H,14,15). The number of benzene rings is 1. The molecule has 0 aliphatic carbocycles. The predicted octanol–water partition coefficient (Wildman–Crippen LogP) is 1.99. The number of carboxylic acids is 1. The second-order valence-corrected chi connectivity index (χ2v) is 2.79. The summed E-state index contributed by atoms with van der Waals surface area (Å²) in [5.74, 6) is -5.27. The van der Waals surface area contributed by atoms with Gasteiger partial charge in [-0.15, -0.1) is 0 Å². The Kier molecular flexibility index (Phi) is 3.54. The molecule has 0 saturated heterocycles. The number of anilines is 1. The zero-order valence-electron chi connectivity index (χ0n) is 7.56. The predicted molar refractivity (Wildman–Crippen MR) is 47.1 cm³/mol. The SMILES string of the molecule is O=C(O)CCNc1ccc(F)c(F)c1F. The van der Waals surface area contributed by atoms with Crippen molar-refractivity contribution in [1.82, 2.24) is 0 Å².